The minimum atomic E-state index is -1.18. The predicted molar refractivity (Wildman–Crippen MR) is 58.6 cm³/mol. The molecule has 0 unspecified atom stereocenters. The van der Waals surface area contributed by atoms with Crippen LogP contribution in [0.1, 0.15) is 32.1 Å². The van der Waals surface area contributed by atoms with E-state index in [1.807, 2.05) is 0 Å². The average Bonchev–Trinajstić information content (AvgIpc) is 2.77. The second-order valence-corrected chi connectivity index (χ2v) is 4.40. The van der Waals surface area contributed by atoms with Crippen LogP contribution in [0.25, 0.3) is 10.4 Å². The van der Waals surface area contributed by atoms with Crippen molar-refractivity contribution in [2.45, 2.75) is 50.4 Å². The molecule has 0 radical (unpaired) electrons. The van der Waals surface area contributed by atoms with Gasteiger partial charge in [0.1, 0.15) is 0 Å². The van der Waals surface area contributed by atoms with E-state index in [-0.39, 0.29) is 0 Å². The third-order valence-electron chi connectivity index (χ3n) is 3.23. The molecule has 6 heteroatoms. The summed E-state index contributed by atoms with van der Waals surface area (Å²) in [7, 11) is 0. The van der Waals surface area contributed by atoms with Crippen LogP contribution in [-0.2, 0) is 0 Å². The number of aliphatic hydroxyl groups is 3. The molecule has 0 amide bonds. The van der Waals surface area contributed by atoms with Gasteiger partial charge in [-0.05, 0) is 17.9 Å². The number of aliphatic hydroxyl groups excluding tert-OH is 3. The highest BCUT2D eigenvalue weighted by molar-refractivity contribution is 4.83. The highest BCUT2D eigenvalue weighted by atomic mass is 16.3. The summed E-state index contributed by atoms with van der Waals surface area (Å²) in [5, 5.41) is 31.6. The predicted octanol–water partition coefficient (Wildman–Crippen LogP) is 0.960. The van der Waals surface area contributed by atoms with Gasteiger partial charge in [-0.25, -0.2) is 0 Å². The van der Waals surface area contributed by atoms with E-state index in [0.29, 0.717) is 12.3 Å². The molecule has 3 N–H and O–H groups in total. The molecule has 92 valence electrons. The smallest absolute Gasteiger partial charge is 0.0906 e. The van der Waals surface area contributed by atoms with E-state index in [9.17, 15) is 10.2 Å². The summed E-state index contributed by atoms with van der Waals surface area (Å²) in [5.74, 6) is 0.440. The molecule has 0 aromatic carbocycles. The normalized spacial score (nSPS) is 22.4. The van der Waals surface area contributed by atoms with Crippen molar-refractivity contribution < 1.29 is 15.3 Å². The quantitative estimate of drug-likeness (QED) is 0.358. The van der Waals surface area contributed by atoms with E-state index in [4.69, 9.17) is 10.6 Å². The highest BCUT2D eigenvalue weighted by Crippen LogP contribution is 2.29. The Bertz CT molecular complexity index is 250. The topological polar surface area (TPSA) is 109 Å². The number of hydrogen-bond acceptors (Lipinski definition) is 4. The average molecular weight is 229 g/mol. The Morgan fingerprint density at radius 3 is 2.44 bits per heavy atom. The summed E-state index contributed by atoms with van der Waals surface area (Å²) in [6.07, 6.45) is 2.91. The third kappa shape index (κ3) is 3.64. The Morgan fingerprint density at radius 2 is 1.94 bits per heavy atom. The van der Waals surface area contributed by atoms with Gasteiger partial charge in [-0.1, -0.05) is 30.8 Å². The summed E-state index contributed by atoms with van der Waals surface area (Å²) < 4.78 is 0. The summed E-state index contributed by atoms with van der Waals surface area (Å²) in [6.45, 7) is -0.451. The van der Waals surface area contributed by atoms with Crippen LogP contribution >= 0.6 is 0 Å². The van der Waals surface area contributed by atoms with E-state index in [1.54, 1.807) is 0 Å². The Morgan fingerprint density at radius 1 is 1.31 bits per heavy atom. The van der Waals surface area contributed by atoms with Crippen LogP contribution in [0.3, 0.4) is 0 Å². The first-order valence-corrected chi connectivity index (χ1v) is 5.70. The maximum Gasteiger partial charge on any atom is 0.0906 e. The van der Waals surface area contributed by atoms with E-state index < -0.39 is 24.9 Å². The maximum absolute atomic E-state index is 9.76. The zero-order valence-electron chi connectivity index (χ0n) is 9.24. The molecule has 0 spiro atoms. The van der Waals surface area contributed by atoms with Gasteiger partial charge in [-0.3, -0.25) is 0 Å². The van der Waals surface area contributed by atoms with Crippen molar-refractivity contribution in [1.82, 2.24) is 0 Å². The summed E-state index contributed by atoms with van der Waals surface area (Å²) in [5.41, 5.74) is 8.24. The van der Waals surface area contributed by atoms with Gasteiger partial charge in [0, 0.05) is 4.91 Å². The van der Waals surface area contributed by atoms with Crippen LogP contribution < -0.4 is 0 Å². The summed E-state index contributed by atoms with van der Waals surface area (Å²) >= 11 is 0. The maximum atomic E-state index is 9.76. The highest BCUT2D eigenvalue weighted by Gasteiger charge is 2.28. The van der Waals surface area contributed by atoms with Gasteiger partial charge in [-0.2, -0.15) is 0 Å². The fourth-order valence-electron chi connectivity index (χ4n) is 2.26. The third-order valence-corrected chi connectivity index (χ3v) is 3.23. The van der Waals surface area contributed by atoms with Crippen LogP contribution in [-0.4, -0.2) is 40.2 Å². The van der Waals surface area contributed by atoms with Gasteiger partial charge in [0.25, 0.3) is 0 Å². The van der Waals surface area contributed by atoms with Crippen LogP contribution in [0.15, 0.2) is 5.11 Å². The molecular formula is C10H19N3O3. The Kier molecular flexibility index (Phi) is 5.55. The number of nitrogens with zero attached hydrogens (tertiary/aromatic N) is 3. The lowest BCUT2D eigenvalue weighted by Gasteiger charge is -2.24. The van der Waals surface area contributed by atoms with E-state index in [0.717, 1.165) is 12.8 Å². The van der Waals surface area contributed by atoms with Crippen molar-refractivity contribution in [1.29, 1.82) is 0 Å². The number of rotatable bonds is 6. The molecular weight excluding hydrogens is 210 g/mol. The molecule has 0 aliphatic heterocycles. The minimum absolute atomic E-state index is 0.440. The number of hydrogen-bond donors (Lipinski definition) is 3. The lowest BCUT2D eigenvalue weighted by atomic mass is 9.94. The molecule has 6 nitrogen and oxygen atoms in total. The van der Waals surface area contributed by atoms with E-state index in [1.165, 1.54) is 12.8 Å². The second kappa shape index (κ2) is 6.70. The summed E-state index contributed by atoms with van der Waals surface area (Å²) in [4.78, 5) is 2.54. The lowest BCUT2D eigenvalue weighted by molar-refractivity contribution is -0.0182. The van der Waals surface area contributed by atoms with Gasteiger partial charge >= 0.3 is 0 Å². The lowest BCUT2D eigenvalue weighted by Crippen LogP contribution is -2.39. The number of azide groups is 1. The molecule has 1 fully saturated rings. The van der Waals surface area contributed by atoms with Gasteiger partial charge < -0.3 is 15.3 Å². The van der Waals surface area contributed by atoms with Gasteiger partial charge in [-0.15, -0.1) is 0 Å². The van der Waals surface area contributed by atoms with Crippen molar-refractivity contribution in [2.24, 2.45) is 11.0 Å². The van der Waals surface area contributed by atoms with Gasteiger partial charge in [0.05, 0.1) is 24.9 Å². The minimum Gasteiger partial charge on any atom is -0.396 e. The molecule has 16 heavy (non-hydrogen) atoms. The molecule has 0 bridgehead atoms. The SMILES string of the molecule is [N-]=[N+]=N[C@@H](CO)[C@H](O)[C@H](O)CC1CCCC1. The monoisotopic (exact) mass is 229 g/mol. The molecule has 1 rings (SSSR count). The largest absolute Gasteiger partial charge is 0.396 e. The second-order valence-electron chi connectivity index (χ2n) is 4.40. The van der Waals surface area contributed by atoms with Crippen LogP contribution in [0.5, 0.6) is 0 Å². The van der Waals surface area contributed by atoms with Crippen LogP contribution in [0.2, 0.25) is 0 Å². The molecule has 0 saturated heterocycles. The van der Waals surface area contributed by atoms with Crippen LogP contribution in [0, 0.1) is 5.92 Å². The molecule has 3 atom stereocenters. The van der Waals surface area contributed by atoms with Crippen molar-refractivity contribution in [3.05, 3.63) is 10.4 Å². The fourth-order valence-corrected chi connectivity index (χ4v) is 2.26. The van der Waals surface area contributed by atoms with Gasteiger partial charge in [0.2, 0.25) is 0 Å². The zero-order chi connectivity index (χ0) is 12.0. The Balaban J connectivity index is 2.43. The molecule has 0 heterocycles. The van der Waals surface area contributed by atoms with Crippen molar-refractivity contribution in [3.63, 3.8) is 0 Å². The Hall–Kier alpha value is -0.810. The molecule has 0 aromatic rings. The zero-order valence-corrected chi connectivity index (χ0v) is 9.24. The standard InChI is InChI=1S/C10H19N3O3/c11-13-12-8(6-14)10(16)9(15)5-7-3-1-2-4-7/h7-10,14-16H,1-6H2/t8-,9+,10-/m0/s1. The van der Waals surface area contributed by atoms with E-state index >= 15 is 0 Å². The van der Waals surface area contributed by atoms with Crippen LogP contribution in [0.4, 0.5) is 0 Å². The first-order valence-electron chi connectivity index (χ1n) is 5.70. The van der Waals surface area contributed by atoms with Crippen molar-refractivity contribution in [3.8, 4) is 0 Å². The molecule has 1 saturated carbocycles. The van der Waals surface area contributed by atoms with Gasteiger partial charge in [0.15, 0.2) is 0 Å². The molecule has 0 aromatic heterocycles. The molecule has 1 aliphatic rings. The first-order chi connectivity index (χ1) is 7.69. The first kappa shape index (κ1) is 13.3. The van der Waals surface area contributed by atoms with E-state index in [2.05, 4.69) is 10.0 Å². The van der Waals surface area contributed by atoms with Crippen molar-refractivity contribution >= 4 is 0 Å². The summed E-state index contributed by atoms with van der Waals surface area (Å²) in [6, 6.07) is -0.957. The fraction of sp³-hybridized carbons (Fsp3) is 1.00. The Labute approximate surface area is 94.5 Å². The van der Waals surface area contributed by atoms with Crippen molar-refractivity contribution in [2.75, 3.05) is 6.61 Å². The molecule has 1 aliphatic carbocycles.